The van der Waals surface area contributed by atoms with Crippen LogP contribution in [-0.4, -0.2) is 29.2 Å². The number of ether oxygens (including phenoxy) is 2. The molecule has 1 aromatic heterocycles. The Hall–Kier alpha value is -1.36. The van der Waals surface area contributed by atoms with Crippen molar-refractivity contribution in [3.05, 3.63) is 11.4 Å². The minimum Gasteiger partial charge on any atom is -0.467 e. The maximum atomic E-state index is 5.36. The van der Waals surface area contributed by atoms with Gasteiger partial charge < -0.3 is 9.47 Å². The van der Waals surface area contributed by atoms with Crippen LogP contribution < -0.4 is 9.47 Å². The normalized spacial score (nSPS) is 10.4. The van der Waals surface area contributed by atoms with Crippen molar-refractivity contribution < 1.29 is 9.47 Å². The van der Waals surface area contributed by atoms with Crippen molar-refractivity contribution in [1.82, 2.24) is 15.0 Å². The third-order valence-corrected chi connectivity index (χ3v) is 1.31. The molecule has 5 nitrogen and oxygen atoms in total. The molecule has 70 valence electrons. The van der Waals surface area contributed by atoms with Crippen molar-refractivity contribution in [1.29, 1.82) is 0 Å². The molecule has 0 amide bonds. The molecule has 0 aliphatic heterocycles. The first-order chi connectivity index (χ1) is 6.30. The Labute approximate surface area is 80.4 Å². The van der Waals surface area contributed by atoms with Crippen molar-refractivity contribution in [2.24, 2.45) is 0 Å². The monoisotopic (exact) mass is 201 g/mol. The first kappa shape index (κ1) is 9.73. The van der Waals surface area contributed by atoms with Crippen LogP contribution in [0.25, 0.3) is 6.08 Å². The predicted molar refractivity (Wildman–Crippen MR) is 47.8 cm³/mol. The number of aromatic nitrogens is 3. The van der Waals surface area contributed by atoms with E-state index in [1.165, 1.54) is 25.8 Å². The van der Waals surface area contributed by atoms with Crippen LogP contribution in [0.4, 0.5) is 0 Å². The van der Waals surface area contributed by atoms with E-state index in [4.69, 9.17) is 21.1 Å². The highest BCUT2D eigenvalue weighted by atomic mass is 35.5. The van der Waals surface area contributed by atoms with Crippen molar-refractivity contribution in [3.63, 3.8) is 0 Å². The van der Waals surface area contributed by atoms with Crippen molar-refractivity contribution in [2.45, 2.75) is 0 Å². The van der Waals surface area contributed by atoms with Gasteiger partial charge in [-0.15, -0.1) is 4.98 Å². The van der Waals surface area contributed by atoms with Gasteiger partial charge in [0.15, 0.2) is 5.82 Å². The zero-order valence-corrected chi connectivity index (χ0v) is 7.95. The molecule has 0 saturated heterocycles. The van der Waals surface area contributed by atoms with Gasteiger partial charge in [0.05, 0.1) is 14.2 Å². The quantitative estimate of drug-likeness (QED) is 0.733. The van der Waals surface area contributed by atoms with Crippen LogP contribution in [0, 0.1) is 0 Å². The minimum atomic E-state index is 0.191. The second kappa shape index (κ2) is 4.61. The molecule has 6 heteroatoms. The molecule has 0 unspecified atom stereocenters. The first-order valence-corrected chi connectivity index (χ1v) is 3.84. The molecule has 1 heterocycles. The molecule has 0 bridgehead atoms. The van der Waals surface area contributed by atoms with E-state index in [1.807, 2.05) is 0 Å². The van der Waals surface area contributed by atoms with Crippen molar-refractivity contribution >= 4 is 17.7 Å². The molecular formula is C7H8ClN3O2. The summed E-state index contributed by atoms with van der Waals surface area (Å²) in [5.74, 6) is 0.388. The van der Waals surface area contributed by atoms with E-state index in [9.17, 15) is 0 Å². The molecular weight excluding hydrogens is 194 g/mol. The maximum Gasteiger partial charge on any atom is 0.322 e. The summed E-state index contributed by atoms with van der Waals surface area (Å²) in [6.45, 7) is 0. The van der Waals surface area contributed by atoms with Crippen LogP contribution in [0.2, 0.25) is 0 Å². The van der Waals surface area contributed by atoms with Gasteiger partial charge in [-0.3, -0.25) is 0 Å². The third-order valence-electron chi connectivity index (χ3n) is 1.19. The summed E-state index contributed by atoms with van der Waals surface area (Å²) in [6.07, 6.45) is 1.51. The fourth-order valence-corrected chi connectivity index (χ4v) is 0.779. The average Bonchev–Trinajstić information content (AvgIpc) is 2.17. The lowest BCUT2D eigenvalue weighted by Gasteiger charge is -2.01. The molecule has 13 heavy (non-hydrogen) atoms. The Morgan fingerprint density at radius 3 is 2.00 bits per heavy atom. The number of halogens is 1. The highest BCUT2D eigenvalue weighted by Crippen LogP contribution is 2.09. The van der Waals surface area contributed by atoms with Crippen molar-refractivity contribution in [2.75, 3.05) is 14.2 Å². The third kappa shape index (κ3) is 2.55. The summed E-state index contributed by atoms with van der Waals surface area (Å²) in [6, 6.07) is 0.383. The molecule has 0 fully saturated rings. The van der Waals surface area contributed by atoms with Crippen LogP contribution in [-0.2, 0) is 0 Å². The van der Waals surface area contributed by atoms with Crippen LogP contribution in [0.15, 0.2) is 5.54 Å². The molecule has 0 radical (unpaired) electrons. The number of rotatable bonds is 3. The first-order valence-electron chi connectivity index (χ1n) is 3.41. The molecule has 0 atom stereocenters. The molecule has 0 aliphatic rings. The summed E-state index contributed by atoms with van der Waals surface area (Å²) >= 11 is 5.36. The SMILES string of the molecule is COc1nc(/C=C/Cl)nc(OC)n1. The largest absolute Gasteiger partial charge is 0.467 e. The van der Waals surface area contributed by atoms with E-state index in [-0.39, 0.29) is 12.0 Å². The van der Waals surface area contributed by atoms with Gasteiger partial charge in [0, 0.05) is 5.54 Å². The predicted octanol–water partition coefficient (Wildman–Crippen LogP) is 1.10. The van der Waals surface area contributed by atoms with Crippen molar-refractivity contribution in [3.8, 4) is 12.0 Å². The lowest BCUT2D eigenvalue weighted by atomic mass is 10.6. The topological polar surface area (TPSA) is 57.1 Å². The Kier molecular flexibility index (Phi) is 3.45. The smallest absolute Gasteiger partial charge is 0.322 e. The van der Waals surface area contributed by atoms with E-state index < -0.39 is 0 Å². The summed E-state index contributed by atoms with van der Waals surface area (Å²) < 4.78 is 9.65. The highest BCUT2D eigenvalue weighted by Gasteiger charge is 2.03. The van der Waals surface area contributed by atoms with Gasteiger partial charge in [-0.1, -0.05) is 11.6 Å². The summed E-state index contributed by atoms with van der Waals surface area (Å²) in [4.78, 5) is 11.6. The molecule has 0 saturated carbocycles. The zero-order chi connectivity index (χ0) is 9.68. The van der Waals surface area contributed by atoms with Crippen LogP contribution >= 0.6 is 11.6 Å². The fourth-order valence-electron chi connectivity index (χ4n) is 0.666. The van der Waals surface area contributed by atoms with E-state index in [0.717, 1.165) is 0 Å². The lowest BCUT2D eigenvalue weighted by Crippen LogP contribution is -2.00. The summed E-state index contributed by atoms with van der Waals surface area (Å²) in [5, 5.41) is 0. The second-order valence-electron chi connectivity index (χ2n) is 1.96. The van der Waals surface area contributed by atoms with Crippen LogP contribution in [0.1, 0.15) is 5.82 Å². The van der Waals surface area contributed by atoms with E-state index in [2.05, 4.69) is 15.0 Å². The Morgan fingerprint density at radius 2 is 1.62 bits per heavy atom. The molecule has 0 aliphatic carbocycles. The number of nitrogens with zero attached hydrogens (tertiary/aromatic N) is 3. The van der Waals surface area contributed by atoms with Gasteiger partial charge in [0.25, 0.3) is 0 Å². The van der Waals surface area contributed by atoms with Gasteiger partial charge in [-0.05, 0) is 6.08 Å². The lowest BCUT2D eigenvalue weighted by molar-refractivity contribution is 0.339. The highest BCUT2D eigenvalue weighted by molar-refractivity contribution is 6.27. The maximum absolute atomic E-state index is 5.36. The molecule has 0 N–H and O–H groups in total. The molecule has 0 aromatic carbocycles. The Bertz CT molecular complexity index is 294. The Balaban J connectivity index is 3.07. The van der Waals surface area contributed by atoms with Crippen LogP contribution in [0.3, 0.4) is 0 Å². The Morgan fingerprint density at radius 1 is 1.08 bits per heavy atom. The summed E-state index contributed by atoms with van der Waals surface area (Å²) in [7, 11) is 2.92. The second-order valence-corrected chi connectivity index (χ2v) is 2.21. The standard InChI is InChI=1S/C7H8ClN3O2/c1-12-6-9-5(3-4-8)10-7(11-6)13-2/h3-4H,1-2H3/b4-3+. The van der Waals surface area contributed by atoms with Crippen LogP contribution in [0.5, 0.6) is 12.0 Å². The fraction of sp³-hybridized carbons (Fsp3) is 0.286. The van der Waals surface area contributed by atoms with Gasteiger partial charge in [-0.2, -0.15) is 9.97 Å². The molecule has 0 spiro atoms. The van der Waals surface area contributed by atoms with Gasteiger partial charge in [0.2, 0.25) is 0 Å². The van der Waals surface area contributed by atoms with Gasteiger partial charge in [0.1, 0.15) is 0 Å². The van der Waals surface area contributed by atoms with E-state index in [0.29, 0.717) is 5.82 Å². The number of hydrogen-bond donors (Lipinski definition) is 0. The van der Waals surface area contributed by atoms with E-state index in [1.54, 1.807) is 0 Å². The van der Waals surface area contributed by atoms with Gasteiger partial charge >= 0.3 is 12.0 Å². The average molecular weight is 202 g/mol. The summed E-state index contributed by atoms with van der Waals surface area (Å²) in [5.41, 5.74) is 1.30. The van der Waals surface area contributed by atoms with Gasteiger partial charge in [-0.25, -0.2) is 0 Å². The minimum absolute atomic E-state index is 0.191. The molecule has 1 aromatic rings. The number of hydrogen-bond acceptors (Lipinski definition) is 5. The molecule has 1 rings (SSSR count). The zero-order valence-electron chi connectivity index (χ0n) is 7.19. The number of methoxy groups -OCH3 is 2. The van der Waals surface area contributed by atoms with E-state index >= 15 is 0 Å².